The third kappa shape index (κ3) is 0.255. The van der Waals surface area contributed by atoms with Crippen LogP contribution in [-0.4, -0.2) is 0 Å². The first kappa shape index (κ1) is 3.71. The van der Waals surface area contributed by atoms with E-state index in [0.717, 1.165) is 11.3 Å². The van der Waals surface area contributed by atoms with Gasteiger partial charge in [-0.25, -0.2) is 0 Å². The summed E-state index contributed by atoms with van der Waals surface area (Å²) in [4.78, 5) is 0. The van der Waals surface area contributed by atoms with E-state index >= 15 is 0 Å². The Kier molecular flexibility index (Phi) is 0.362. The van der Waals surface area contributed by atoms with Gasteiger partial charge >= 0.3 is 0 Å². The minimum Gasteiger partial charge on any atom is -0.0992 e. The van der Waals surface area contributed by atoms with E-state index < -0.39 is 0 Å². The van der Waals surface area contributed by atoms with Crippen LogP contribution in [0.3, 0.4) is 0 Å². The molecule has 7 heavy (non-hydrogen) atoms. The van der Waals surface area contributed by atoms with E-state index in [1.54, 1.807) is 0 Å². The highest BCUT2D eigenvalue weighted by Gasteiger charge is 2.63. The second-order valence-corrected chi connectivity index (χ2v) is 3.04. The topological polar surface area (TPSA) is 0 Å². The Labute approximate surface area is 44.2 Å². The van der Waals surface area contributed by atoms with Gasteiger partial charge in [-0.15, -0.1) is 0 Å². The Morgan fingerprint density at radius 1 is 1.86 bits per heavy atom. The van der Waals surface area contributed by atoms with Crippen molar-refractivity contribution in [2.24, 2.45) is 11.3 Å². The van der Waals surface area contributed by atoms with Crippen LogP contribution in [0.1, 0.15) is 19.8 Å². The molecular weight excluding hydrogens is 84.1 g/mol. The van der Waals surface area contributed by atoms with E-state index in [4.69, 9.17) is 0 Å². The normalized spacial score (nSPS) is 55.6. The summed E-state index contributed by atoms with van der Waals surface area (Å²) >= 11 is 0. The number of hydrogen-bond donors (Lipinski definition) is 0. The van der Waals surface area contributed by atoms with E-state index in [2.05, 4.69) is 13.5 Å². The Hall–Kier alpha value is -0.260. The van der Waals surface area contributed by atoms with Gasteiger partial charge in [0.1, 0.15) is 0 Å². The van der Waals surface area contributed by atoms with Crippen LogP contribution in [0.15, 0.2) is 12.2 Å². The van der Waals surface area contributed by atoms with Gasteiger partial charge in [0, 0.05) is 0 Å². The van der Waals surface area contributed by atoms with Crippen molar-refractivity contribution >= 4 is 0 Å². The van der Waals surface area contributed by atoms with E-state index in [1.807, 2.05) is 0 Å². The lowest BCUT2D eigenvalue weighted by Gasteiger charge is -1.73. The quantitative estimate of drug-likeness (QED) is 0.402. The van der Waals surface area contributed by atoms with Gasteiger partial charge in [-0.05, 0) is 24.2 Å². The molecule has 2 unspecified atom stereocenters. The van der Waals surface area contributed by atoms with Gasteiger partial charge in [-0.1, -0.05) is 19.1 Å². The van der Waals surface area contributed by atoms with Crippen molar-refractivity contribution in [3.63, 3.8) is 0 Å². The molecule has 0 aromatic carbocycles. The van der Waals surface area contributed by atoms with Crippen molar-refractivity contribution < 1.29 is 0 Å². The molecule has 2 rings (SSSR count). The van der Waals surface area contributed by atoms with Crippen molar-refractivity contribution in [1.29, 1.82) is 0 Å². The van der Waals surface area contributed by atoms with E-state index in [9.17, 15) is 0 Å². The number of allylic oxidation sites excluding steroid dienone is 1. The van der Waals surface area contributed by atoms with Crippen molar-refractivity contribution in [3.05, 3.63) is 12.2 Å². The lowest BCUT2D eigenvalue weighted by molar-refractivity contribution is 0.800. The molecule has 0 aromatic rings. The molecule has 2 saturated carbocycles. The molecule has 0 saturated heterocycles. The first-order valence-electron chi connectivity index (χ1n) is 2.94. The predicted octanol–water partition coefficient (Wildman–Crippen LogP) is 1.97. The minimum atomic E-state index is 0.722. The van der Waals surface area contributed by atoms with E-state index in [-0.39, 0.29) is 0 Å². The molecule has 0 heteroatoms. The zero-order chi connectivity index (χ0) is 5.07. The fraction of sp³-hybridized carbons (Fsp3) is 0.714. The lowest BCUT2D eigenvalue weighted by atomic mass is 10.3. The van der Waals surface area contributed by atoms with Crippen molar-refractivity contribution in [2.75, 3.05) is 0 Å². The molecule has 0 radical (unpaired) electrons. The second-order valence-electron chi connectivity index (χ2n) is 3.04. The zero-order valence-electron chi connectivity index (χ0n) is 4.70. The van der Waals surface area contributed by atoms with Crippen molar-refractivity contribution in [3.8, 4) is 0 Å². The number of rotatable bonds is 0. The summed E-state index contributed by atoms with van der Waals surface area (Å²) in [6, 6.07) is 0. The van der Waals surface area contributed by atoms with Crippen molar-refractivity contribution in [1.82, 2.24) is 0 Å². The molecule has 2 fully saturated rings. The highest BCUT2D eigenvalue weighted by Crippen LogP contribution is 2.73. The van der Waals surface area contributed by atoms with Crippen LogP contribution >= 0.6 is 0 Å². The van der Waals surface area contributed by atoms with E-state index in [1.165, 1.54) is 18.4 Å². The standard InChI is InChI=1S/C7H10/c1-5-3-7(5)4-6(7)2/h6H,1,3-4H2,2H3. The Morgan fingerprint density at radius 2 is 2.29 bits per heavy atom. The van der Waals surface area contributed by atoms with Crippen LogP contribution in [0.4, 0.5) is 0 Å². The van der Waals surface area contributed by atoms with Crippen LogP contribution in [0.5, 0.6) is 0 Å². The molecule has 0 aliphatic heterocycles. The summed E-state index contributed by atoms with van der Waals surface area (Å²) in [6.45, 7) is 6.25. The van der Waals surface area contributed by atoms with Crippen LogP contribution in [0.2, 0.25) is 0 Å². The van der Waals surface area contributed by atoms with Gasteiger partial charge in [0.05, 0.1) is 0 Å². The van der Waals surface area contributed by atoms with Crippen LogP contribution in [0.25, 0.3) is 0 Å². The van der Waals surface area contributed by atoms with Crippen LogP contribution in [0, 0.1) is 11.3 Å². The highest BCUT2D eigenvalue weighted by atomic mass is 14.7. The summed E-state index contributed by atoms with van der Waals surface area (Å²) in [5.41, 5.74) is 2.24. The maximum atomic E-state index is 3.93. The van der Waals surface area contributed by atoms with Gasteiger partial charge in [-0.3, -0.25) is 0 Å². The predicted molar refractivity (Wildman–Crippen MR) is 30.0 cm³/mol. The average molecular weight is 94.2 g/mol. The molecule has 0 aromatic heterocycles. The van der Waals surface area contributed by atoms with Gasteiger partial charge < -0.3 is 0 Å². The van der Waals surface area contributed by atoms with E-state index in [0.29, 0.717) is 0 Å². The first-order chi connectivity index (χ1) is 3.26. The molecular formula is C7H10. The largest absolute Gasteiger partial charge is 0.0992 e. The molecule has 38 valence electrons. The molecule has 0 bridgehead atoms. The summed E-state index contributed by atoms with van der Waals surface area (Å²) in [5, 5.41) is 0. The molecule has 0 heterocycles. The maximum absolute atomic E-state index is 3.93. The molecule has 2 aliphatic carbocycles. The third-order valence-corrected chi connectivity index (χ3v) is 2.56. The molecule has 0 amide bonds. The Morgan fingerprint density at radius 3 is 2.29 bits per heavy atom. The van der Waals surface area contributed by atoms with Gasteiger partial charge in [0.15, 0.2) is 0 Å². The molecule has 0 N–H and O–H groups in total. The fourth-order valence-corrected chi connectivity index (χ4v) is 1.56. The third-order valence-electron chi connectivity index (χ3n) is 2.56. The van der Waals surface area contributed by atoms with Crippen molar-refractivity contribution in [2.45, 2.75) is 19.8 Å². The summed E-state index contributed by atoms with van der Waals surface area (Å²) in [7, 11) is 0. The lowest BCUT2D eigenvalue weighted by Crippen LogP contribution is -1.66. The van der Waals surface area contributed by atoms with Crippen LogP contribution < -0.4 is 0 Å². The maximum Gasteiger partial charge on any atom is -0.00245 e. The SMILES string of the molecule is C=C1CC12CC2C. The fourth-order valence-electron chi connectivity index (χ4n) is 1.56. The first-order valence-corrected chi connectivity index (χ1v) is 2.94. The Balaban J connectivity index is 2.24. The summed E-state index contributed by atoms with van der Waals surface area (Å²) in [6.07, 6.45) is 2.78. The molecule has 1 spiro atoms. The second kappa shape index (κ2) is 0.683. The smallest absolute Gasteiger partial charge is 0.00245 e. The average Bonchev–Trinajstić information content (AvgIpc) is 2.28. The van der Waals surface area contributed by atoms with Crippen LogP contribution in [-0.2, 0) is 0 Å². The monoisotopic (exact) mass is 94.1 g/mol. The molecule has 2 atom stereocenters. The highest BCUT2D eigenvalue weighted by molar-refractivity contribution is 5.38. The Bertz CT molecular complexity index is 135. The van der Waals surface area contributed by atoms with Gasteiger partial charge in [-0.2, -0.15) is 0 Å². The minimum absolute atomic E-state index is 0.722. The number of hydrogen-bond acceptors (Lipinski definition) is 0. The van der Waals surface area contributed by atoms with Gasteiger partial charge in [0.2, 0.25) is 0 Å². The zero-order valence-corrected chi connectivity index (χ0v) is 4.70. The molecule has 2 aliphatic rings. The van der Waals surface area contributed by atoms with Gasteiger partial charge in [0.25, 0.3) is 0 Å². The summed E-state index contributed by atoms with van der Waals surface area (Å²) < 4.78 is 0. The summed E-state index contributed by atoms with van der Waals surface area (Å²) in [5.74, 6) is 0.986. The molecule has 0 nitrogen and oxygen atoms in total.